The molecule has 0 fully saturated rings. The number of rotatable bonds is 4. The highest BCUT2D eigenvalue weighted by Gasteiger charge is 2.28. The molecular formula is C20H17NO5. The minimum absolute atomic E-state index is 0.238. The van der Waals surface area contributed by atoms with Crippen molar-refractivity contribution in [1.82, 2.24) is 4.57 Å². The highest BCUT2D eigenvalue weighted by Crippen LogP contribution is 2.37. The van der Waals surface area contributed by atoms with E-state index in [2.05, 4.69) is 0 Å². The molecule has 0 saturated heterocycles. The Kier molecular flexibility index (Phi) is 3.88. The maximum Gasteiger partial charge on any atom is 0.361 e. The highest BCUT2D eigenvalue weighted by atomic mass is 16.5. The molecule has 0 spiro atoms. The fourth-order valence-corrected chi connectivity index (χ4v) is 3.42. The van der Waals surface area contributed by atoms with E-state index in [4.69, 9.17) is 13.6 Å². The second-order valence-corrected chi connectivity index (χ2v) is 5.81. The molecule has 3 heterocycles. The molecule has 4 rings (SSSR count). The summed E-state index contributed by atoms with van der Waals surface area (Å²) in [5.41, 5.74) is 1.95. The van der Waals surface area contributed by atoms with E-state index in [1.165, 1.54) is 6.26 Å². The Bertz CT molecular complexity index is 1160. The first-order valence-electron chi connectivity index (χ1n) is 8.45. The largest absolute Gasteiger partial charge is 0.472 e. The van der Waals surface area contributed by atoms with Crippen molar-refractivity contribution >= 4 is 27.8 Å². The number of carbonyl (C=O) groups is 1. The van der Waals surface area contributed by atoms with Crippen molar-refractivity contribution < 1.29 is 18.4 Å². The molecule has 0 unspecified atom stereocenters. The molecule has 6 nitrogen and oxygen atoms in total. The molecule has 3 aromatic heterocycles. The van der Waals surface area contributed by atoms with Gasteiger partial charge in [0, 0.05) is 22.9 Å². The molecule has 1 aromatic carbocycles. The van der Waals surface area contributed by atoms with Crippen LogP contribution in [0, 0.1) is 0 Å². The molecule has 0 aliphatic heterocycles. The number of furan rings is 1. The van der Waals surface area contributed by atoms with Crippen molar-refractivity contribution in [3.05, 3.63) is 58.8 Å². The number of benzene rings is 1. The van der Waals surface area contributed by atoms with Gasteiger partial charge in [0.2, 0.25) is 0 Å². The van der Waals surface area contributed by atoms with Crippen LogP contribution in [0.15, 0.2) is 56.5 Å². The van der Waals surface area contributed by atoms with Gasteiger partial charge in [-0.3, -0.25) is 0 Å². The number of carbonyl (C=O) groups excluding carboxylic acids is 1. The second-order valence-electron chi connectivity index (χ2n) is 5.81. The standard InChI is InChI=1S/C20H17NO5/c1-3-21-17(12-9-10-24-11-12)16(19(22)25-4-2)15-13-7-5-6-8-14(13)26-20(23)18(15)21/h5-11H,3-4H2,1-2H3. The minimum Gasteiger partial charge on any atom is -0.472 e. The van der Waals surface area contributed by atoms with Gasteiger partial charge in [0.25, 0.3) is 0 Å². The van der Waals surface area contributed by atoms with Crippen molar-refractivity contribution in [2.75, 3.05) is 6.61 Å². The quantitative estimate of drug-likeness (QED) is 0.407. The maximum absolute atomic E-state index is 12.9. The van der Waals surface area contributed by atoms with Crippen molar-refractivity contribution in [1.29, 1.82) is 0 Å². The van der Waals surface area contributed by atoms with Gasteiger partial charge in [0.1, 0.15) is 11.1 Å². The van der Waals surface area contributed by atoms with Crippen LogP contribution in [-0.2, 0) is 11.3 Å². The Balaban J connectivity index is 2.27. The van der Waals surface area contributed by atoms with Crippen LogP contribution >= 0.6 is 0 Å². The van der Waals surface area contributed by atoms with Gasteiger partial charge in [0.05, 0.1) is 30.4 Å². The summed E-state index contributed by atoms with van der Waals surface area (Å²) in [6.45, 7) is 4.38. The van der Waals surface area contributed by atoms with Crippen LogP contribution in [0.4, 0.5) is 0 Å². The number of hydrogen-bond acceptors (Lipinski definition) is 5. The molecule has 0 aliphatic carbocycles. The summed E-state index contributed by atoms with van der Waals surface area (Å²) in [4.78, 5) is 25.6. The van der Waals surface area contributed by atoms with Crippen LogP contribution in [-0.4, -0.2) is 17.1 Å². The summed E-state index contributed by atoms with van der Waals surface area (Å²) in [6.07, 6.45) is 3.08. The Morgan fingerprint density at radius 2 is 2.00 bits per heavy atom. The summed E-state index contributed by atoms with van der Waals surface area (Å²) in [5, 5.41) is 1.25. The lowest BCUT2D eigenvalue weighted by Gasteiger charge is -2.07. The molecule has 6 heteroatoms. The van der Waals surface area contributed by atoms with Gasteiger partial charge in [-0.1, -0.05) is 18.2 Å². The number of nitrogens with zero attached hydrogens (tertiary/aromatic N) is 1. The van der Waals surface area contributed by atoms with Gasteiger partial charge in [-0.15, -0.1) is 0 Å². The first kappa shape index (κ1) is 16.2. The second kappa shape index (κ2) is 6.22. The zero-order valence-corrected chi connectivity index (χ0v) is 14.4. The number of ether oxygens (including phenoxy) is 1. The van der Waals surface area contributed by atoms with Crippen molar-refractivity contribution in [3.63, 3.8) is 0 Å². The Labute approximate surface area is 148 Å². The lowest BCUT2D eigenvalue weighted by molar-refractivity contribution is 0.0529. The Hall–Kier alpha value is -3.28. The van der Waals surface area contributed by atoms with Crippen molar-refractivity contribution in [2.24, 2.45) is 0 Å². The fourth-order valence-electron chi connectivity index (χ4n) is 3.42. The summed E-state index contributed by atoms with van der Waals surface area (Å²) in [6, 6.07) is 8.94. The van der Waals surface area contributed by atoms with E-state index in [-0.39, 0.29) is 6.61 Å². The SMILES string of the molecule is CCOC(=O)c1c(-c2ccoc2)n(CC)c2c(=O)oc3ccccc3c12. The molecule has 26 heavy (non-hydrogen) atoms. The van der Waals surface area contributed by atoms with Gasteiger partial charge >= 0.3 is 11.6 Å². The molecule has 132 valence electrons. The van der Waals surface area contributed by atoms with Gasteiger partial charge in [-0.05, 0) is 26.0 Å². The normalized spacial score (nSPS) is 11.3. The average molecular weight is 351 g/mol. The molecule has 0 bridgehead atoms. The van der Waals surface area contributed by atoms with E-state index in [1.54, 1.807) is 36.0 Å². The van der Waals surface area contributed by atoms with E-state index in [0.29, 0.717) is 45.2 Å². The number of aromatic nitrogens is 1. The van der Waals surface area contributed by atoms with Crippen LogP contribution in [0.2, 0.25) is 0 Å². The van der Waals surface area contributed by atoms with Gasteiger partial charge < -0.3 is 18.1 Å². The lowest BCUT2D eigenvalue weighted by atomic mass is 10.0. The fraction of sp³-hybridized carbons (Fsp3) is 0.200. The van der Waals surface area contributed by atoms with E-state index < -0.39 is 11.6 Å². The Morgan fingerprint density at radius 1 is 1.19 bits per heavy atom. The molecule has 0 atom stereocenters. The predicted octanol–water partition coefficient (Wildman–Crippen LogP) is 4.20. The lowest BCUT2D eigenvalue weighted by Crippen LogP contribution is -2.07. The van der Waals surface area contributed by atoms with E-state index in [1.807, 2.05) is 19.1 Å². The maximum atomic E-state index is 12.9. The van der Waals surface area contributed by atoms with Crippen LogP contribution < -0.4 is 5.63 Å². The van der Waals surface area contributed by atoms with Crippen LogP contribution in [0.25, 0.3) is 33.1 Å². The average Bonchev–Trinajstić information content (AvgIpc) is 3.27. The third-order valence-electron chi connectivity index (χ3n) is 4.41. The number of fused-ring (bicyclic) bond motifs is 3. The van der Waals surface area contributed by atoms with Crippen LogP contribution in [0.1, 0.15) is 24.2 Å². The number of para-hydroxylation sites is 1. The molecule has 0 saturated carbocycles. The third-order valence-corrected chi connectivity index (χ3v) is 4.41. The Morgan fingerprint density at radius 3 is 2.69 bits per heavy atom. The number of aryl methyl sites for hydroxylation is 1. The van der Waals surface area contributed by atoms with Crippen molar-refractivity contribution in [2.45, 2.75) is 20.4 Å². The summed E-state index contributed by atoms with van der Waals surface area (Å²) < 4.78 is 17.8. The molecule has 0 N–H and O–H groups in total. The summed E-state index contributed by atoms with van der Waals surface area (Å²) in [7, 11) is 0. The van der Waals surface area contributed by atoms with Crippen LogP contribution in [0.3, 0.4) is 0 Å². The smallest absolute Gasteiger partial charge is 0.361 e. The van der Waals surface area contributed by atoms with E-state index in [0.717, 1.165) is 0 Å². The van der Waals surface area contributed by atoms with Gasteiger partial charge in [0.15, 0.2) is 0 Å². The summed E-state index contributed by atoms with van der Waals surface area (Å²) >= 11 is 0. The van der Waals surface area contributed by atoms with E-state index in [9.17, 15) is 9.59 Å². The number of hydrogen-bond donors (Lipinski definition) is 0. The number of esters is 1. The monoisotopic (exact) mass is 351 g/mol. The third kappa shape index (κ3) is 2.26. The zero-order chi connectivity index (χ0) is 18.3. The highest BCUT2D eigenvalue weighted by molar-refractivity contribution is 6.18. The molecule has 0 radical (unpaired) electrons. The van der Waals surface area contributed by atoms with E-state index >= 15 is 0 Å². The first-order chi connectivity index (χ1) is 12.7. The zero-order valence-electron chi connectivity index (χ0n) is 14.4. The van der Waals surface area contributed by atoms with Gasteiger partial charge in [-0.25, -0.2) is 9.59 Å². The molecular weight excluding hydrogens is 334 g/mol. The molecule has 0 amide bonds. The predicted molar refractivity (Wildman–Crippen MR) is 97.3 cm³/mol. The van der Waals surface area contributed by atoms with Crippen LogP contribution in [0.5, 0.6) is 0 Å². The first-order valence-corrected chi connectivity index (χ1v) is 8.45. The minimum atomic E-state index is -0.485. The van der Waals surface area contributed by atoms with Crippen molar-refractivity contribution in [3.8, 4) is 11.3 Å². The van der Waals surface area contributed by atoms with Gasteiger partial charge in [-0.2, -0.15) is 0 Å². The summed E-state index contributed by atoms with van der Waals surface area (Å²) in [5.74, 6) is -0.475. The molecule has 4 aromatic rings. The topological polar surface area (TPSA) is 74.6 Å². The molecule has 0 aliphatic rings.